The smallest absolute Gasteiger partial charge is 0.191 e. The number of hydrogen-bond donors (Lipinski definition) is 2. The summed E-state index contributed by atoms with van der Waals surface area (Å²) in [4.78, 5) is 6.88. The van der Waals surface area contributed by atoms with Crippen LogP contribution in [0.1, 0.15) is 18.5 Å². The summed E-state index contributed by atoms with van der Waals surface area (Å²) in [7, 11) is 7.68. The van der Waals surface area contributed by atoms with E-state index in [-0.39, 0.29) is 30.0 Å². The number of benzene rings is 1. The van der Waals surface area contributed by atoms with Crippen LogP contribution < -0.4 is 20.1 Å². The van der Waals surface area contributed by atoms with E-state index in [1.807, 2.05) is 48.4 Å². The fourth-order valence-corrected chi connectivity index (χ4v) is 2.71. The average molecular weight is 516 g/mol. The van der Waals surface area contributed by atoms with Gasteiger partial charge in [-0.2, -0.15) is 5.10 Å². The second kappa shape index (κ2) is 13.3. The van der Waals surface area contributed by atoms with Crippen molar-refractivity contribution in [3.8, 4) is 11.5 Å². The van der Waals surface area contributed by atoms with Crippen molar-refractivity contribution in [2.24, 2.45) is 12.0 Å². The summed E-state index contributed by atoms with van der Waals surface area (Å²) in [5.74, 6) is 2.40. The minimum Gasteiger partial charge on any atom is -0.497 e. The summed E-state index contributed by atoms with van der Waals surface area (Å²) >= 11 is 0. The quantitative estimate of drug-likeness (QED) is 0.219. The predicted octanol–water partition coefficient (Wildman–Crippen LogP) is 2.28. The number of aromatic nitrogens is 2. The van der Waals surface area contributed by atoms with Crippen molar-refractivity contribution < 1.29 is 9.47 Å². The van der Waals surface area contributed by atoms with E-state index < -0.39 is 0 Å². The van der Waals surface area contributed by atoms with Gasteiger partial charge in [0.25, 0.3) is 0 Å². The summed E-state index contributed by atoms with van der Waals surface area (Å²) in [5.41, 5.74) is 1.15. The first kappa shape index (κ1) is 25.0. The number of rotatable bonds is 10. The average Bonchev–Trinajstić information content (AvgIpc) is 3.11. The van der Waals surface area contributed by atoms with Crippen LogP contribution in [0.3, 0.4) is 0 Å². The molecule has 0 radical (unpaired) electrons. The maximum atomic E-state index is 5.75. The lowest BCUT2D eigenvalue weighted by Crippen LogP contribution is -2.40. The van der Waals surface area contributed by atoms with Gasteiger partial charge >= 0.3 is 0 Å². The third-order valence-corrected chi connectivity index (χ3v) is 4.22. The first-order chi connectivity index (χ1) is 13.5. The van der Waals surface area contributed by atoms with Crippen LogP contribution in [0.4, 0.5) is 0 Å². The highest BCUT2D eigenvalue weighted by molar-refractivity contribution is 14.0. The van der Waals surface area contributed by atoms with Crippen LogP contribution in [-0.4, -0.2) is 68.1 Å². The molecule has 29 heavy (non-hydrogen) atoms. The lowest BCUT2D eigenvalue weighted by Gasteiger charge is -2.22. The zero-order chi connectivity index (χ0) is 20.4. The Kier molecular flexibility index (Phi) is 11.4. The van der Waals surface area contributed by atoms with E-state index >= 15 is 0 Å². The molecule has 0 spiro atoms. The van der Waals surface area contributed by atoms with Gasteiger partial charge in [0.1, 0.15) is 18.1 Å². The minimum atomic E-state index is 0. The number of methoxy groups -OCH3 is 1. The van der Waals surface area contributed by atoms with Gasteiger partial charge in [-0.3, -0.25) is 9.67 Å². The molecule has 9 heteroatoms. The van der Waals surface area contributed by atoms with Gasteiger partial charge in [-0.25, -0.2) is 0 Å². The van der Waals surface area contributed by atoms with Gasteiger partial charge < -0.3 is 25.0 Å². The largest absolute Gasteiger partial charge is 0.497 e. The molecule has 0 aliphatic rings. The highest BCUT2D eigenvalue weighted by atomic mass is 127. The van der Waals surface area contributed by atoms with Gasteiger partial charge in [0.2, 0.25) is 0 Å². The molecule has 1 aromatic heterocycles. The molecule has 162 valence electrons. The Morgan fingerprint density at radius 1 is 1.21 bits per heavy atom. The normalized spacial score (nSPS) is 12.3. The number of likely N-dealkylation sites (N-methyl/N-ethyl adjacent to an activating group) is 1. The summed E-state index contributed by atoms with van der Waals surface area (Å²) in [6.45, 7) is 4.67. The van der Waals surface area contributed by atoms with E-state index in [9.17, 15) is 0 Å². The highest BCUT2D eigenvalue weighted by Crippen LogP contribution is 2.18. The molecule has 8 nitrogen and oxygen atoms in total. The molecule has 1 unspecified atom stereocenters. The van der Waals surface area contributed by atoms with Gasteiger partial charge in [-0.15, -0.1) is 24.0 Å². The van der Waals surface area contributed by atoms with Crippen molar-refractivity contribution in [3.05, 3.63) is 42.2 Å². The van der Waals surface area contributed by atoms with Crippen LogP contribution >= 0.6 is 24.0 Å². The first-order valence-corrected chi connectivity index (χ1v) is 9.47. The van der Waals surface area contributed by atoms with Crippen LogP contribution in [0, 0.1) is 0 Å². The topological polar surface area (TPSA) is 75.9 Å². The van der Waals surface area contributed by atoms with Crippen molar-refractivity contribution >= 4 is 29.9 Å². The monoisotopic (exact) mass is 516 g/mol. The summed E-state index contributed by atoms with van der Waals surface area (Å²) in [6.07, 6.45) is 3.92. The zero-order valence-corrected chi connectivity index (χ0v) is 20.2. The molecule has 0 fully saturated rings. The van der Waals surface area contributed by atoms with E-state index in [4.69, 9.17) is 14.5 Å². The minimum absolute atomic E-state index is 0. The van der Waals surface area contributed by atoms with Gasteiger partial charge in [-0.05, 0) is 45.3 Å². The second-order valence-electron chi connectivity index (χ2n) is 6.60. The van der Waals surface area contributed by atoms with Gasteiger partial charge in [-0.1, -0.05) is 0 Å². The molecule has 0 saturated heterocycles. The van der Waals surface area contributed by atoms with Crippen molar-refractivity contribution in [3.63, 3.8) is 0 Å². The van der Waals surface area contributed by atoms with Crippen molar-refractivity contribution in [2.75, 3.05) is 47.4 Å². The molecule has 1 heterocycles. The van der Waals surface area contributed by atoms with Crippen LogP contribution in [0.15, 0.2) is 41.7 Å². The molecule has 0 aliphatic carbocycles. The summed E-state index contributed by atoms with van der Waals surface area (Å²) in [6, 6.07) is 7.73. The van der Waals surface area contributed by atoms with E-state index in [1.165, 1.54) is 0 Å². The van der Waals surface area contributed by atoms with Crippen LogP contribution in [0.2, 0.25) is 0 Å². The maximum Gasteiger partial charge on any atom is 0.191 e. The Labute approximate surface area is 190 Å². The third kappa shape index (κ3) is 8.48. The van der Waals surface area contributed by atoms with Gasteiger partial charge in [0.05, 0.1) is 32.4 Å². The molecule has 2 rings (SSSR count). The Balaban J connectivity index is 0.00000420. The van der Waals surface area contributed by atoms with Crippen molar-refractivity contribution in [1.82, 2.24) is 25.3 Å². The highest BCUT2D eigenvalue weighted by Gasteiger charge is 2.15. The van der Waals surface area contributed by atoms with Crippen molar-refractivity contribution in [2.45, 2.75) is 13.0 Å². The fourth-order valence-electron chi connectivity index (χ4n) is 2.71. The van der Waals surface area contributed by atoms with Crippen LogP contribution in [-0.2, 0) is 7.05 Å². The molecule has 1 aromatic carbocycles. The Hall–Kier alpha value is -2.01. The second-order valence-corrected chi connectivity index (χ2v) is 6.60. The fraction of sp³-hybridized carbons (Fsp3) is 0.500. The van der Waals surface area contributed by atoms with Crippen LogP contribution in [0.5, 0.6) is 11.5 Å². The van der Waals surface area contributed by atoms with E-state index in [0.717, 1.165) is 29.6 Å². The molecule has 0 bridgehead atoms. The Morgan fingerprint density at radius 3 is 2.45 bits per heavy atom. The van der Waals surface area contributed by atoms with E-state index in [1.54, 1.807) is 7.11 Å². The number of ether oxygens (including phenoxy) is 2. The van der Waals surface area contributed by atoms with Gasteiger partial charge in [0.15, 0.2) is 5.96 Å². The number of nitrogens with zero attached hydrogens (tertiary/aromatic N) is 4. The third-order valence-electron chi connectivity index (χ3n) is 4.22. The summed E-state index contributed by atoms with van der Waals surface area (Å²) in [5, 5.41) is 10.9. The lowest BCUT2D eigenvalue weighted by atomic mass is 10.1. The Bertz CT molecular complexity index is 733. The van der Waals surface area contributed by atoms with Crippen LogP contribution in [0.25, 0.3) is 0 Å². The standard InChI is InChI=1S/C20H32N6O2.HI/c1-6-21-20(22-11-12-28-18-9-7-17(27-5)8-10-18)23-14-19(25(2)3)16-13-24-26(4)15-16;/h7-10,13,15,19H,6,11-12,14H2,1-5H3,(H2,21,22,23);1H. The van der Waals surface area contributed by atoms with Crippen molar-refractivity contribution in [1.29, 1.82) is 0 Å². The predicted molar refractivity (Wildman–Crippen MR) is 128 cm³/mol. The summed E-state index contributed by atoms with van der Waals surface area (Å²) < 4.78 is 12.7. The Morgan fingerprint density at radius 2 is 1.90 bits per heavy atom. The molecule has 0 amide bonds. The molecule has 2 aromatic rings. The number of guanidine groups is 1. The molecular formula is C20H33IN6O2. The maximum absolute atomic E-state index is 5.75. The van der Waals surface area contributed by atoms with Gasteiger partial charge in [0, 0.05) is 25.4 Å². The molecular weight excluding hydrogens is 483 g/mol. The SMILES string of the molecule is CCNC(=NCC(c1cnn(C)c1)N(C)C)NCCOc1ccc(OC)cc1.I. The number of halogens is 1. The molecule has 2 N–H and O–H groups in total. The number of hydrogen-bond acceptors (Lipinski definition) is 5. The lowest BCUT2D eigenvalue weighted by molar-refractivity contribution is 0.305. The molecule has 0 saturated carbocycles. The van der Waals surface area contributed by atoms with E-state index in [2.05, 4.69) is 41.7 Å². The first-order valence-electron chi connectivity index (χ1n) is 9.47. The molecule has 0 aliphatic heterocycles. The number of aliphatic imine (C=N–C) groups is 1. The molecule has 1 atom stereocenters. The zero-order valence-electron chi connectivity index (χ0n) is 17.9. The number of aryl methyl sites for hydroxylation is 1. The van der Waals surface area contributed by atoms with E-state index in [0.29, 0.717) is 19.7 Å². The number of nitrogens with one attached hydrogen (secondary N) is 2.